The van der Waals surface area contributed by atoms with E-state index in [9.17, 15) is 4.79 Å². The average molecular weight is 286 g/mol. The monoisotopic (exact) mass is 286 g/mol. The third kappa shape index (κ3) is 4.43. The molecule has 0 aliphatic heterocycles. The molecule has 116 valence electrons. The molecule has 0 spiro atoms. The Hall–Kier alpha value is -1.11. The topological polar surface area (TPSA) is 17.1 Å². The van der Waals surface area contributed by atoms with Gasteiger partial charge in [-0.25, -0.2) is 0 Å². The molecule has 0 atom stereocenters. The van der Waals surface area contributed by atoms with Crippen molar-refractivity contribution in [3.05, 3.63) is 35.4 Å². The van der Waals surface area contributed by atoms with Crippen LogP contribution in [0.15, 0.2) is 24.3 Å². The van der Waals surface area contributed by atoms with E-state index in [-0.39, 0.29) is 5.92 Å². The number of Topliss-reactive ketones (excluding diaryl/α,β-unsaturated/α-hetero) is 1. The fourth-order valence-electron chi connectivity index (χ4n) is 3.69. The summed E-state index contributed by atoms with van der Waals surface area (Å²) in [4.78, 5) is 12.6. The van der Waals surface area contributed by atoms with Crippen LogP contribution in [0.1, 0.15) is 93.5 Å². The molecule has 0 saturated heterocycles. The second-order valence-electron chi connectivity index (χ2n) is 6.60. The number of ketones is 1. The van der Waals surface area contributed by atoms with Gasteiger partial charge in [-0.05, 0) is 37.2 Å². The normalized spacial score (nSPS) is 16.3. The Morgan fingerprint density at radius 2 is 1.57 bits per heavy atom. The molecule has 1 fully saturated rings. The standard InChI is InChI=1S/C20H30O/c1-3-8-18(9-4-2)20(21)19-14-12-17(13-15-19)16-10-6-5-7-11-16/h12-16,18H,3-11H2,1-2H3. The van der Waals surface area contributed by atoms with Crippen molar-refractivity contribution in [3.8, 4) is 0 Å². The highest BCUT2D eigenvalue weighted by molar-refractivity contribution is 5.97. The van der Waals surface area contributed by atoms with Crippen molar-refractivity contribution >= 4 is 5.78 Å². The molecular formula is C20H30O. The lowest BCUT2D eigenvalue weighted by molar-refractivity contribution is 0.0905. The number of hydrogen-bond acceptors (Lipinski definition) is 1. The van der Waals surface area contributed by atoms with Crippen LogP contribution in [0.4, 0.5) is 0 Å². The Morgan fingerprint density at radius 1 is 1.00 bits per heavy atom. The molecule has 1 heteroatoms. The van der Waals surface area contributed by atoms with Gasteiger partial charge in [0.05, 0.1) is 0 Å². The van der Waals surface area contributed by atoms with Crippen molar-refractivity contribution in [2.75, 3.05) is 0 Å². The van der Waals surface area contributed by atoms with Gasteiger partial charge in [0, 0.05) is 11.5 Å². The molecule has 1 aliphatic carbocycles. The molecule has 0 aromatic heterocycles. The van der Waals surface area contributed by atoms with Crippen LogP contribution in [0.5, 0.6) is 0 Å². The minimum Gasteiger partial charge on any atom is -0.294 e. The first kappa shape index (κ1) is 16.3. The zero-order chi connectivity index (χ0) is 15.1. The van der Waals surface area contributed by atoms with E-state index in [4.69, 9.17) is 0 Å². The van der Waals surface area contributed by atoms with Crippen molar-refractivity contribution in [3.63, 3.8) is 0 Å². The summed E-state index contributed by atoms with van der Waals surface area (Å²) in [6.45, 7) is 4.34. The fourth-order valence-corrected chi connectivity index (χ4v) is 3.69. The molecule has 2 rings (SSSR count). The highest BCUT2D eigenvalue weighted by Gasteiger charge is 2.19. The van der Waals surface area contributed by atoms with E-state index in [2.05, 4.69) is 38.1 Å². The minimum absolute atomic E-state index is 0.223. The van der Waals surface area contributed by atoms with Crippen LogP contribution >= 0.6 is 0 Å². The Bertz CT molecular complexity index is 420. The summed E-state index contributed by atoms with van der Waals surface area (Å²) in [7, 11) is 0. The van der Waals surface area contributed by atoms with Gasteiger partial charge < -0.3 is 0 Å². The van der Waals surface area contributed by atoms with Gasteiger partial charge in [0.15, 0.2) is 5.78 Å². The summed E-state index contributed by atoms with van der Waals surface area (Å²) in [6.07, 6.45) is 11.0. The van der Waals surface area contributed by atoms with Gasteiger partial charge in [-0.3, -0.25) is 4.79 Å². The van der Waals surface area contributed by atoms with Gasteiger partial charge >= 0.3 is 0 Å². The quantitative estimate of drug-likeness (QED) is 0.551. The van der Waals surface area contributed by atoms with Gasteiger partial charge in [-0.1, -0.05) is 70.2 Å². The maximum Gasteiger partial charge on any atom is 0.165 e. The summed E-state index contributed by atoms with van der Waals surface area (Å²) >= 11 is 0. The van der Waals surface area contributed by atoms with E-state index in [0.717, 1.165) is 37.2 Å². The molecule has 0 bridgehead atoms. The minimum atomic E-state index is 0.223. The van der Waals surface area contributed by atoms with Crippen LogP contribution < -0.4 is 0 Å². The van der Waals surface area contributed by atoms with Gasteiger partial charge in [-0.2, -0.15) is 0 Å². The maximum atomic E-state index is 12.6. The molecule has 0 unspecified atom stereocenters. The van der Waals surface area contributed by atoms with Gasteiger partial charge in [0.2, 0.25) is 0 Å². The van der Waals surface area contributed by atoms with Crippen molar-refractivity contribution in [1.29, 1.82) is 0 Å². The molecule has 0 heterocycles. The van der Waals surface area contributed by atoms with Crippen molar-refractivity contribution in [2.45, 2.75) is 77.6 Å². The van der Waals surface area contributed by atoms with Crippen molar-refractivity contribution in [2.24, 2.45) is 5.92 Å². The molecular weight excluding hydrogens is 256 g/mol. The molecule has 21 heavy (non-hydrogen) atoms. The van der Waals surface area contributed by atoms with Crippen LogP contribution in [-0.2, 0) is 0 Å². The maximum absolute atomic E-state index is 12.6. The summed E-state index contributed by atoms with van der Waals surface area (Å²) in [5.74, 6) is 1.31. The van der Waals surface area contributed by atoms with E-state index in [0.29, 0.717) is 5.78 Å². The predicted molar refractivity (Wildman–Crippen MR) is 89.9 cm³/mol. The first-order chi connectivity index (χ1) is 10.3. The molecule has 1 aliphatic rings. The number of rotatable bonds is 7. The largest absolute Gasteiger partial charge is 0.294 e. The summed E-state index contributed by atoms with van der Waals surface area (Å²) in [5, 5.41) is 0. The van der Waals surface area contributed by atoms with Crippen LogP contribution in [0.3, 0.4) is 0 Å². The Labute approximate surface area is 130 Å². The summed E-state index contributed by atoms with van der Waals surface area (Å²) < 4.78 is 0. The lowest BCUT2D eigenvalue weighted by Gasteiger charge is -2.22. The lowest BCUT2D eigenvalue weighted by atomic mass is 9.83. The van der Waals surface area contributed by atoms with Crippen LogP contribution in [0.2, 0.25) is 0 Å². The van der Waals surface area contributed by atoms with Gasteiger partial charge in [0.1, 0.15) is 0 Å². The molecule has 0 N–H and O–H groups in total. The lowest BCUT2D eigenvalue weighted by Crippen LogP contribution is -2.15. The second kappa shape index (κ2) is 8.36. The van der Waals surface area contributed by atoms with Crippen molar-refractivity contribution < 1.29 is 4.79 Å². The molecule has 1 saturated carbocycles. The average Bonchev–Trinajstić information content (AvgIpc) is 2.55. The van der Waals surface area contributed by atoms with Crippen LogP contribution in [0.25, 0.3) is 0 Å². The van der Waals surface area contributed by atoms with E-state index in [1.54, 1.807) is 0 Å². The first-order valence-corrected chi connectivity index (χ1v) is 8.90. The molecule has 0 amide bonds. The number of benzene rings is 1. The van der Waals surface area contributed by atoms with E-state index in [1.807, 2.05) is 0 Å². The SMILES string of the molecule is CCCC(CCC)C(=O)c1ccc(C2CCCCC2)cc1. The summed E-state index contributed by atoms with van der Waals surface area (Å²) in [6, 6.07) is 8.56. The zero-order valence-electron chi connectivity index (χ0n) is 13.7. The van der Waals surface area contributed by atoms with Gasteiger partial charge in [-0.15, -0.1) is 0 Å². The first-order valence-electron chi connectivity index (χ1n) is 8.90. The smallest absolute Gasteiger partial charge is 0.165 e. The number of hydrogen-bond donors (Lipinski definition) is 0. The number of carbonyl (C=O) groups is 1. The number of carbonyl (C=O) groups excluding carboxylic acids is 1. The molecule has 1 nitrogen and oxygen atoms in total. The van der Waals surface area contributed by atoms with E-state index < -0.39 is 0 Å². The van der Waals surface area contributed by atoms with Crippen LogP contribution in [-0.4, -0.2) is 5.78 Å². The Kier molecular flexibility index (Phi) is 6.48. The van der Waals surface area contributed by atoms with E-state index in [1.165, 1.54) is 37.7 Å². The van der Waals surface area contributed by atoms with Crippen molar-refractivity contribution in [1.82, 2.24) is 0 Å². The molecule has 0 radical (unpaired) electrons. The van der Waals surface area contributed by atoms with Gasteiger partial charge in [0.25, 0.3) is 0 Å². The second-order valence-corrected chi connectivity index (χ2v) is 6.60. The molecule has 1 aromatic carbocycles. The highest BCUT2D eigenvalue weighted by atomic mass is 16.1. The van der Waals surface area contributed by atoms with Crippen LogP contribution in [0, 0.1) is 5.92 Å². The predicted octanol–water partition coefficient (Wildman–Crippen LogP) is 6.13. The highest BCUT2D eigenvalue weighted by Crippen LogP contribution is 2.32. The fraction of sp³-hybridized carbons (Fsp3) is 0.650. The third-order valence-corrected chi connectivity index (χ3v) is 4.92. The Balaban J connectivity index is 2.04. The molecule has 1 aromatic rings. The third-order valence-electron chi connectivity index (χ3n) is 4.92. The Morgan fingerprint density at radius 3 is 2.10 bits per heavy atom. The zero-order valence-corrected chi connectivity index (χ0v) is 13.7. The summed E-state index contributed by atoms with van der Waals surface area (Å²) in [5.41, 5.74) is 2.36. The van der Waals surface area contributed by atoms with E-state index >= 15 is 0 Å².